The first-order chi connectivity index (χ1) is 7.75. The summed E-state index contributed by atoms with van der Waals surface area (Å²) in [6.45, 7) is 2.29. The number of benzene rings is 1. The topological polar surface area (TPSA) is 21.3 Å². The number of rotatable bonds is 3. The first-order valence-electron chi connectivity index (χ1n) is 5.51. The zero-order valence-corrected chi connectivity index (χ0v) is 10.6. The van der Waals surface area contributed by atoms with Crippen LogP contribution >= 0.6 is 15.9 Å². The predicted octanol–water partition coefficient (Wildman–Crippen LogP) is 2.86. The first-order valence-corrected chi connectivity index (χ1v) is 6.30. The molecule has 1 aliphatic heterocycles. The van der Waals surface area contributed by atoms with Gasteiger partial charge in [-0.2, -0.15) is 0 Å². The van der Waals surface area contributed by atoms with Crippen molar-refractivity contribution in [1.82, 2.24) is 5.32 Å². The summed E-state index contributed by atoms with van der Waals surface area (Å²) in [6.07, 6.45) is 2.23. The van der Waals surface area contributed by atoms with E-state index in [1.807, 2.05) is 0 Å². The van der Waals surface area contributed by atoms with Crippen molar-refractivity contribution < 1.29 is 9.13 Å². The maximum atomic E-state index is 13.0. The molecule has 1 atom stereocenters. The second-order valence-corrected chi connectivity index (χ2v) is 4.89. The molecule has 0 radical (unpaired) electrons. The maximum absolute atomic E-state index is 13.0. The van der Waals surface area contributed by atoms with Gasteiger partial charge in [0.1, 0.15) is 5.82 Å². The minimum Gasteiger partial charge on any atom is -0.380 e. The molecule has 2 rings (SSSR count). The van der Waals surface area contributed by atoms with E-state index in [0.29, 0.717) is 12.6 Å². The van der Waals surface area contributed by atoms with Crippen LogP contribution in [0.2, 0.25) is 0 Å². The average molecular weight is 288 g/mol. The van der Waals surface area contributed by atoms with Gasteiger partial charge in [-0.15, -0.1) is 0 Å². The van der Waals surface area contributed by atoms with Gasteiger partial charge in [0.2, 0.25) is 0 Å². The van der Waals surface area contributed by atoms with E-state index < -0.39 is 0 Å². The van der Waals surface area contributed by atoms with Crippen LogP contribution in [0.5, 0.6) is 0 Å². The molecule has 0 bridgehead atoms. The van der Waals surface area contributed by atoms with Gasteiger partial charge in [-0.25, -0.2) is 4.39 Å². The number of halogens is 2. The van der Waals surface area contributed by atoms with Crippen molar-refractivity contribution in [3.63, 3.8) is 0 Å². The van der Waals surface area contributed by atoms with Gasteiger partial charge < -0.3 is 10.1 Å². The van der Waals surface area contributed by atoms with Crippen molar-refractivity contribution in [2.45, 2.75) is 25.4 Å². The second kappa shape index (κ2) is 5.75. The molecule has 88 valence electrons. The minimum absolute atomic E-state index is 0.195. The molecular weight excluding hydrogens is 273 g/mol. The lowest BCUT2D eigenvalue weighted by Gasteiger charge is -2.23. The Morgan fingerprint density at radius 1 is 1.50 bits per heavy atom. The van der Waals surface area contributed by atoms with E-state index in [-0.39, 0.29) is 5.82 Å². The van der Waals surface area contributed by atoms with Crippen molar-refractivity contribution in [1.29, 1.82) is 0 Å². The van der Waals surface area contributed by atoms with Gasteiger partial charge in [0.05, 0.1) is 6.61 Å². The highest BCUT2D eigenvalue weighted by atomic mass is 79.9. The third-order valence-electron chi connectivity index (χ3n) is 2.75. The molecular formula is C12H15BrFNO. The Morgan fingerprint density at radius 2 is 2.38 bits per heavy atom. The Hall–Kier alpha value is -0.450. The fourth-order valence-electron chi connectivity index (χ4n) is 1.83. The van der Waals surface area contributed by atoms with E-state index in [4.69, 9.17) is 4.74 Å². The summed E-state index contributed by atoms with van der Waals surface area (Å²) in [5.74, 6) is -0.195. The molecule has 2 nitrogen and oxygen atoms in total. The summed E-state index contributed by atoms with van der Waals surface area (Å²) in [5, 5.41) is 3.38. The quantitative estimate of drug-likeness (QED) is 0.923. The van der Waals surface area contributed by atoms with E-state index in [1.54, 1.807) is 12.1 Å². The number of hydrogen-bond donors (Lipinski definition) is 1. The highest BCUT2D eigenvalue weighted by Crippen LogP contribution is 2.18. The minimum atomic E-state index is -0.195. The van der Waals surface area contributed by atoms with E-state index >= 15 is 0 Å². The summed E-state index contributed by atoms with van der Waals surface area (Å²) in [4.78, 5) is 0. The van der Waals surface area contributed by atoms with Crippen LogP contribution in [-0.4, -0.2) is 19.3 Å². The molecule has 1 heterocycles. The highest BCUT2D eigenvalue weighted by molar-refractivity contribution is 9.10. The van der Waals surface area contributed by atoms with Crippen LogP contribution < -0.4 is 5.32 Å². The molecule has 0 aliphatic carbocycles. The lowest BCUT2D eigenvalue weighted by atomic mass is 10.1. The molecule has 0 amide bonds. The molecule has 1 aliphatic rings. The first kappa shape index (κ1) is 12.0. The van der Waals surface area contributed by atoms with Crippen molar-refractivity contribution in [3.8, 4) is 0 Å². The Morgan fingerprint density at radius 3 is 3.12 bits per heavy atom. The summed E-state index contributed by atoms with van der Waals surface area (Å²) in [5.41, 5.74) is 0.950. The SMILES string of the molecule is Fc1ccc(Br)c(CNC2CCCOC2)c1. The van der Waals surface area contributed by atoms with Gasteiger partial charge in [-0.3, -0.25) is 0 Å². The Labute approximate surface area is 103 Å². The van der Waals surface area contributed by atoms with Gasteiger partial charge in [0.15, 0.2) is 0 Å². The summed E-state index contributed by atoms with van der Waals surface area (Å²) < 4.78 is 19.4. The predicted molar refractivity (Wildman–Crippen MR) is 64.8 cm³/mol. The lowest BCUT2D eigenvalue weighted by molar-refractivity contribution is 0.0699. The zero-order chi connectivity index (χ0) is 11.4. The average Bonchev–Trinajstić information content (AvgIpc) is 2.32. The van der Waals surface area contributed by atoms with E-state index in [2.05, 4.69) is 21.2 Å². The summed E-state index contributed by atoms with van der Waals surface area (Å²) in [6, 6.07) is 5.14. The third-order valence-corrected chi connectivity index (χ3v) is 3.52. The molecule has 16 heavy (non-hydrogen) atoms. The molecule has 0 aromatic heterocycles. The molecule has 4 heteroatoms. The normalized spacial score (nSPS) is 21.0. The highest BCUT2D eigenvalue weighted by Gasteiger charge is 2.13. The van der Waals surface area contributed by atoms with Crippen LogP contribution in [0.3, 0.4) is 0 Å². The second-order valence-electron chi connectivity index (χ2n) is 4.03. The molecule has 1 unspecified atom stereocenters. The van der Waals surface area contributed by atoms with Crippen molar-refractivity contribution >= 4 is 15.9 Å². The smallest absolute Gasteiger partial charge is 0.123 e. The Kier molecular flexibility index (Phi) is 4.32. The number of ether oxygens (including phenoxy) is 1. The zero-order valence-electron chi connectivity index (χ0n) is 9.01. The van der Waals surface area contributed by atoms with E-state index in [9.17, 15) is 4.39 Å². The lowest BCUT2D eigenvalue weighted by Crippen LogP contribution is -2.36. The molecule has 1 saturated heterocycles. The van der Waals surface area contributed by atoms with Crippen molar-refractivity contribution in [2.75, 3.05) is 13.2 Å². The molecule has 0 saturated carbocycles. The van der Waals surface area contributed by atoms with Gasteiger partial charge in [0, 0.05) is 23.7 Å². The molecule has 0 spiro atoms. The van der Waals surface area contributed by atoms with Crippen LogP contribution in [0.1, 0.15) is 18.4 Å². The fraction of sp³-hybridized carbons (Fsp3) is 0.500. The number of nitrogens with one attached hydrogen (secondary N) is 1. The molecule has 1 aromatic rings. The Bertz CT molecular complexity index is 353. The van der Waals surface area contributed by atoms with Crippen LogP contribution in [0.25, 0.3) is 0 Å². The van der Waals surface area contributed by atoms with Crippen LogP contribution in [0.4, 0.5) is 4.39 Å². The van der Waals surface area contributed by atoms with Gasteiger partial charge in [-0.05, 0) is 36.6 Å². The third kappa shape index (κ3) is 3.27. The van der Waals surface area contributed by atoms with Gasteiger partial charge in [-0.1, -0.05) is 15.9 Å². The molecule has 1 N–H and O–H groups in total. The van der Waals surface area contributed by atoms with Crippen LogP contribution in [-0.2, 0) is 11.3 Å². The standard InChI is InChI=1S/C12H15BrFNO/c13-12-4-3-10(14)6-9(12)7-15-11-2-1-5-16-8-11/h3-4,6,11,15H,1-2,5,7-8H2. The fourth-order valence-corrected chi connectivity index (χ4v) is 2.22. The Balaban J connectivity index is 1.90. The van der Waals surface area contributed by atoms with Crippen molar-refractivity contribution in [3.05, 3.63) is 34.1 Å². The summed E-state index contributed by atoms with van der Waals surface area (Å²) >= 11 is 3.42. The summed E-state index contributed by atoms with van der Waals surface area (Å²) in [7, 11) is 0. The van der Waals surface area contributed by atoms with Gasteiger partial charge >= 0.3 is 0 Å². The monoisotopic (exact) mass is 287 g/mol. The molecule has 1 fully saturated rings. The van der Waals surface area contributed by atoms with Crippen molar-refractivity contribution in [2.24, 2.45) is 0 Å². The van der Waals surface area contributed by atoms with Gasteiger partial charge in [0.25, 0.3) is 0 Å². The number of hydrogen-bond acceptors (Lipinski definition) is 2. The maximum Gasteiger partial charge on any atom is 0.123 e. The van der Waals surface area contributed by atoms with Crippen LogP contribution in [0.15, 0.2) is 22.7 Å². The van der Waals surface area contributed by atoms with E-state index in [0.717, 1.165) is 36.1 Å². The van der Waals surface area contributed by atoms with Crippen LogP contribution in [0, 0.1) is 5.82 Å². The van der Waals surface area contributed by atoms with E-state index in [1.165, 1.54) is 6.07 Å². The molecule has 1 aromatic carbocycles. The largest absolute Gasteiger partial charge is 0.380 e.